The maximum atomic E-state index is 12.1. The summed E-state index contributed by atoms with van der Waals surface area (Å²) in [6.07, 6.45) is 6.66. The van der Waals surface area contributed by atoms with E-state index in [4.69, 9.17) is 5.73 Å². The minimum Gasteiger partial charge on any atom is -0.399 e. The zero-order valence-electron chi connectivity index (χ0n) is 11.7. The highest BCUT2D eigenvalue weighted by Crippen LogP contribution is 2.33. The van der Waals surface area contributed by atoms with E-state index in [1.807, 2.05) is 24.3 Å². The summed E-state index contributed by atoms with van der Waals surface area (Å²) in [5, 5.41) is 5.20. The summed E-state index contributed by atoms with van der Waals surface area (Å²) >= 11 is 1.78. The molecule has 0 aliphatic heterocycles. The highest BCUT2D eigenvalue weighted by atomic mass is 32.1. The van der Waals surface area contributed by atoms with Crippen LogP contribution in [0.4, 0.5) is 5.69 Å². The molecule has 0 radical (unpaired) electrons. The number of hydrogen-bond acceptors (Lipinski definition) is 3. The van der Waals surface area contributed by atoms with Crippen LogP contribution in [-0.4, -0.2) is 5.91 Å². The van der Waals surface area contributed by atoms with Gasteiger partial charge in [-0.1, -0.05) is 12.1 Å². The van der Waals surface area contributed by atoms with E-state index in [2.05, 4.69) is 16.8 Å². The predicted molar refractivity (Wildman–Crippen MR) is 88.0 cm³/mol. The number of anilines is 1. The summed E-state index contributed by atoms with van der Waals surface area (Å²) < 4.78 is 0. The maximum Gasteiger partial charge on any atom is 0.244 e. The van der Waals surface area contributed by atoms with E-state index in [1.165, 1.54) is 10.4 Å². The minimum absolute atomic E-state index is 0.0542. The number of fused-ring (bicyclic) bond motifs is 1. The molecule has 3 N–H and O–H groups in total. The molecule has 3 rings (SSSR count). The van der Waals surface area contributed by atoms with Crippen LogP contribution >= 0.6 is 11.3 Å². The van der Waals surface area contributed by atoms with E-state index in [0.29, 0.717) is 5.69 Å². The molecular formula is C17H18N2OS. The second kappa shape index (κ2) is 6.14. The van der Waals surface area contributed by atoms with Crippen LogP contribution in [0.25, 0.3) is 6.08 Å². The predicted octanol–water partition coefficient (Wildman–Crippen LogP) is 3.54. The molecule has 1 unspecified atom stereocenters. The van der Waals surface area contributed by atoms with Crippen molar-refractivity contribution < 1.29 is 4.79 Å². The second-order valence-electron chi connectivity index (χ2n) is 5.26. The van der Waals surface area contributed by atoms with Gasteiger partial charge in [-0.05, 0) is 60.0 Å². The van der Waals surface area contributed by atoms with Crippen LogP contribution in [0.5, 0.6) is 0 Å². The molecule has 21 heavy (non-hydrogen) atoms. The number of hydrogen-bond donors (Lipinski definition) is 2. The molecule has 0 spiro atoms. The lowest BCUT2D eigenvalue weighted by atomic mass is 9.94. The Morgan fingerprint density at radius 1 is 1.38 bits per heavy atom. The fourth-order valence-electron chi connectivity index (χ4n) is 2.69. The van der Waals surface area contributed by atoms with Crippen LogP contribution in [0.2, 0.25) is 0 Å². The van der Waals surface area contributed by atoms with E-state index in [-0.39, 0.29) is 11.9 Å². The van der Waals surface area contributed by atoms with Crippen molar-refractivity contribution in [1.29, 1.82) is 0 Å². The third-order valence-electron chi connectivity index (χ3n) is 3.71. The molecule has 3 nitrogen and oxygen atoms in total. The number of aryl methyl sites for hydroxylation is 1. The van der Waals surface area contributed by atoms with Gasteiger partial charge in [-0.3, -0.25) is 4.79 Å². The molecule has 1 heterocycles. The van der Waals surface area contributed by atoms with Crippen molar-refractivity contribution in [3.05, 3.63) is 57.8 Å². The largest absolute Gasteiger partial charge is 0.399 e. The SMILES string of the molecule is Nc1cccc(/C=C/C(=O)NC2CCCc3sccc32)c1. The van der Waals surface area contributed by atoms with Crippen LogP contribution in [-0.2, 0) is 11.2 Å². The highest BCUT2D eigenvalue weighted by molar-refractivity contribution is 7.10. The Morgan fingerprint density at radius 3 is 3.14 bits per heavy atom. The van der Waals surface area contributed by atoms with Gasteiger partial charge in [-0.15, -0.1) is 11.3 Å². The fraction of sp³-hybridized carbons (Fsp3) is 0.235. The van der Waals surface area contributed by atoms with Crippen LogP contribution < -0.4 is 11.1 Å². The van der Waals surface area contributed by atoms with Gasteiger partial charge in [-0.25, -0.2) is 0 Å². The fourth-order valence-corrected chi connectivity index (χ4v) is 3.68. The average molecular weight is 298 g/mol. The Labute approximate surface area is 128 Å². The first-order chi connectivity index (χ1) is 10.2. The van der Waals surface area contributed by atoms with Crippen LogP contribution in [0.1, 0.15) is 34.9 Å². The Bertz CT molecular complexity index is 675. The van der Waals surface area contributed by atoms with Gasteiger partial charge in [0.15, 0.2) is 0 Å². The van der Waals surface area contributed by atoms with Crippen LogP contribution in [0.3, 0.4) is 0 Å². The summed E-state index contributed by atoms with van der Waals surface area (Å²) in [6.45, 7) is 0. The van der Waals surface area contributed by atoms with Crippen LogP contribution in [0.15, 0.2) is 41.8 Å². The molecule has 108 valence electrons. The monoisotopic (exact) mass is 298 g/mol. The summed E-state index contributed by atoms with van der Waals surface area (Å²) in [5.74, 6) is -0.0542. The Morgan fingerprint density at radius 2 is 2.29 bits per heavy atom. The van der Waals surface area contributed by atoms with Gasteiger partial charge >= 0.3 is 0 Å². The van der Waals surface area contributed by atoms with Gasteiger partial charge in [0.2, 0.25) is 5.91 Å². The molecule has 0 fully saturated rings. The van der Waals surface area contributed by atoms with E-state index in [0.717, 1.165) is 24.8 Å². The molecule has 0 bridgehead atoms. The van der Waals surface area contributed by atoms with E-state index >= 15 is 0 Å². The van der Waals surface area contributed by atoms with Crippen molar-refractivity contribution in [3.63, 3.8) is 0 Å². The van der Waals surface area contributed by atoms with Crippen molar-refractivity contribution in [3.8, 4) is 0 Å². The molecule has 1 aromatic heterocycles. The van der Waals surface area contributed by atoms with E-state index in [9.17, 15) is 4.79 Å². The van der Waals surface area contributed by atoms with Gasteiger partial charge in [0.1, 0.15) is 0 Å². The number of nitrogens with two attached hydrogens (primary N) is 1. The number of nitrogens with one attached hydrogen (secondary N) is 1. The van der Waals surface area contributed by atoms with Crippen molar-refractivity contribution in [2.24, 2.45) is 0 Å². The third kappa shape index (κ3) is 3.34. The van der Waals surface area contributed by atoms with Crippen molar-refractivity contribution >= 4 is 29.0 Å². The normalized spacial score (nSPS) is 17.6. The van der Waals surface area contributed by atoms with Gasteiger partial charge < -0.3 is 11.1 Å². The first-order valence-electron chi connectivity index (χ1n) is 7.13. The van der Waals surface area contributed by atoms with Crippen molar-refractivity contribution in [2.75, 3.05) is 5.73 Å². The Balaban J connectivity index is 1.65. The lowest BCUT2D eigenvalue weighted by molar-refractivity contribution is -0.117. The Hall–Kier alpha value is -2.07. The average Bonchev–Trinajstić information content (AvgIpc) is 2.95. The third-order valence-corrected chi connectivity index (χ3v) is 4.70. The number of nitrogen functional groups attached to an aromatic ring is 1. The molecule has 1 atom stereocenters. The topological polar surface area (TPSA) is 55.1 Å². The Kier molecular flexibility index (Phi) is 4.06. The molecule has 1 aliphatic carbocycles. The molecular weight excluding hydrogens is 280 g/mol. The first-order valence-corrected chi connectivity index (χ1v) is 8.01. The lowest BCUT2D eigenvalue weighted by Crippen LogP contribution is -2.28. The molecule has 1 aromatic carbocycles. The smallest absolute Gasteiger partial charge is 0.244 e. The highest BCUT2D eigenvalue weighted by Gasteiger charge is 2.21. The van der Waals surface area contributed by atoms with Crippen molar-refractivity contribution in [2.45, 2.75) is 25.3 Å². The minimum atomic E-state index is -0.0542. The van der Waals surface area contributed by atoms with Gasteiger partial charge in [-0.2, -0.15) is 0 Å². The van der Waals surface area contributed by atoms with Crippen molar-refractivity contribution in [1.82, 2.24) is 5.32 Å². The van der Waals surface area contributed by atoms with Gasteiger partial charge in [0.25, 0.3) is 0 Å². The number of thiophene rings is 1. The summed E-state index contributed by atoms with van der Waals surface area (Å²) in [5.41, 5.74) is 8.65. The van der Waals surface area contributed by atoms with Gasteiger partial charge in [0.05, 0.1) is 6.04 Å². The molecule has 2 aromatic rings. The number of rotatable bonds is 3. The molecule has 1 aliphatic rings. The standard InChI is InChI=1S/C17H18N2OS/c18-13-4-1-3-12(11-13)7-8-17(20)19-15-5-2-6-16-14(15)9-10-21-16/h1,3-4,7-11,15H,2,5-6,18H2,(H,19,20)/b8-7+. The molecule has 0 saturated carbocycles. The quantitative estimate of drug-likeness (QED) is 0.672. The number of carbonyl (C=O) groups is 1. The first kappa shape index (κ1) is 13.9. The van der Waals surface area contributed by atoms with E-state index < -0.39 is 0 Å². The lowest BCUT2D eigenvalue weighted by Gasteiger charge is -2.23. The zero-order valence-corrected chi connectivity index (χ0v) is 12.5. The van der Waals surface area contributed by atoms with Gasteiger partial charge in [0, 0.05) is 16.6 Å². The number of benzene rings is 1. The number of amides is 1. The summed E-state index contributed by atoms with van der Waals surface area (Å²) in [4.78, 5) is 13.5. The second-order valence-corrected chi connectivity index (χ2v) is 6.26. The maximum absolute atomic E-state index is 12.1. The molecule has 4 heteroatoms. The summed E-state index contributed by atoms with van der Waals surface area (Å²) in [6, 6.07) is 9.77. The van der Waals surface area contributed by atoms with E-state index in [1.54, 1.807) is 23.5 Å². The van der Waals surface area contributed by atoms with Crippen LogP contribution in [0, 0.1) is 0 Å². The number of carbonyl (C=O) groups excluding carboxylic acids is 1. The molecule has 1 amide bonds. The molecule has 0 saturated heterocycles. The zero-order chi connectivity index (χ0) is 14.7. The summed E-state index contributed by atoms with van der Waals surface area (Å²) in [7, 11) is 0.